The van der Waals surface area contributed by atoms with Gasteiger partial charge in [-0.05, 0) is 50.4 Å². The Balaban J connectivity index is 2.51. The Morgan fingerprint density at radius 1 is 0.639 bits per heavy atom. The molecule has 0 fully saturated rings. The van der Waals surface area contributed by atoms with Gasteiger partial charge in [0.2, 0.25) is 0 Å². The van der Waals surface area contributed by atoms with Crippen molar-refractivity contribution in [2.75, 3.05) is 0 Å². The van der Waals surface area contributed by atoms with Crippen LogP contribution >= 0.6 is 19.0 Å². The van der Waals surface area contributed by atoms with Crippen LogP contribution in [0.25, 0.3) is 0 Å². The highest BCUT2D eigenvalue weighted by molar-refractivity contribution is 7.76. The van der Waals surface area contributed by atoms with Gasteiger partial charge in [-0.15, -0.1) is 0 Å². The van der Waals surface area contributed by atoms with E-state index in [0.717, 1.165) is 24.3 Å². The second kappa shape index (κ2) is 9.81. The third kappa shape index (κ3) is 6.07. The molecular formula is C32H48ClO2P. The van der Waals surface area contributed by atoms with Crippen LogP contribution in [0.2, 0.25) is 0 Å². The molecule has 1 aliphatic rings. The van der Waals surface area contributed by atoms with Gasteiger partial charge in [0.25, 0.3) is 0 Å². The Hall–Kier alpha value is -1.24. The first-order valence-corrected chi connectivity index (χ1v) is 15.5. The predicted molar refractivity (Wildman–Crippen MR) is 158 cm³/mol. The highest BCUT2D eigenvalue weighted by Crippen LogP contribution is 2.57. The minimum atomic E-state index is -1.67. The summed E-state index contributed by atoms with van der Waals surface area (Å²) in [6, 6.07) is 9.44. The number of rotatable bonds is 2. The first kappa shape index (κ1) is 29.3. The van der Waals surface area contributed by atoms with Crippen molar-refractivity contribution in [3.63, 3.8) is 0 Å². The molecule has 0 radical (unpaired) electrons. The largest absolute Gasteiger partial charge is 0.427 e. The summed E-state index contributed by atoms with van der Waals surface area (Å²) >= 11 is 6.90. The fourth-order valence-electron chi connectivity index (χ4n) is 4.93. The lowest BCUT2D eigenvalue weighted by Crippen LogP contribution is -2.23. The van der Waals surface area contributed by atoms with E-state index in [-0.39, 0.29) is 27.6 Å². The molecule has 0 saturated carbocycles. The van der Waals surface area contributed by atoms with E-state index in [0.29, 0.717) is 0 Å². The molecule has 3 rings (SSSR count). The van der Waals surface area contributed by atoms with E-state index >= 15 is 0 Å². The van der Waals surface area contributed by atoms with Gasteiger partial charge in [0.05, 0.1) is 0 Å². The van der Waals surface area contributed by atoms with Gasteiger partial charge in [-0.3, -0.25) is 0 Å². The summed E-state index contributed by atoms with van der Waals surface area (Å²) in [5.74, 6) is 1.99. The van der Waals surface area contributed by atoms with Crippen molar-refractivity contribution in [2.24, 2.45) is 0 Å². The number of benzene rings is 2. The molecule has 2 aromatic rings. The number of halogens is 1. The molecular weight excluding hydrogens is 483 g/mol. The van der Waals surface area contributed by atoms with Gasteiger partial charge in [0.1, 0.15) is 11.5 Å². The Morgan fingerprint density at radius 2 is 1.00 bits per heavy atom. The summed E-state index contributed by atoms with van der Waals surface area (Å²) in [5.41, 5.74) is 7.41. The monoisotopic (exact) mass is 530 g/mol. The molecule has 0 N–H and O–H groups in total. The quantitative estimate of drug-likeness (QED) is 0.359. The Kier molecular flexibility index (Phi) is 7.99. The molecule has 0 unspecified atom stereocenters. The predicted octanol–water partition coefficient (Wildman–Crippen LogP) is 11.0. The highest BCUT2D eigenvalue weighted by atomic mass is 35.7. The molecule has 1 heterocycles. The fourth-order valence-corrected chi connectivity index (χ4v) is 6.08. The average Bonchev–Trinajstić information content (AvgIpc) is 2.68. The standard InChI is InChI=1S/C32H48ClO2P/c1-14-15-22-23-16-20(29(2,3)4)18-25(31(8,9)10)27(23)34-36(33)35-28-24(22)17-21(30(5,6)7)19-26(28)32(11,12)13/h16-19,22H,14-15H2,1-13H3. The summed E-state index contributed by atoms with van der Waals surface area (Å²) in [6.45, 7) is 29.6. The lowest BCUT2D eigenvalue weighted by molar-refractivity contribution is 0.446. The van der Waals surface area contributed by atoms with Crippen LogP contribution in [-0.2, 0) is 21.7 Å². The van der Waals surface area contributed by atoms with Crippen LogP contribution in [0, 0.1) is 0 Å². The van der Waals surface area contributed by atoms with Gasteiger partial charge in [0.15, 0.2) is 0 Å². The highest BCUT2D eigenvalue weighted by Gasteiger charge is 2.37. The van der Waals surface area contributed by atoms with Crippen LogP contribution in [0.5, 0.6) is 11.5 Å². The van der Waals surface area contributed by atoms with Crippen LogP contribution in [-0.4, -0.2) is 0 Å². The number of fused-ring (bicyclic) bond motifs is 2. The van der Waals surface area contributed by atoms with Crippen molar-refractivity contribution in [1.29, 1.82) is 0 Å². The molecule has 0 bridgehead atoms. The van der Waals surface area contributed by atoms with Gasteiger partial charge in [-0.1, -0.05) is 121 Å². The van der Waals surface area contributed by atoms with E-state index in [2.05, 4.69) is 114 Å². The lowest BCUT2D eigenvalue weighted by atomic mass is 9.73. The van der Waals surface area contributed by atoms with Gasteiger partial charge in [0, 0.05) is 28.2 Å². The van der Waals surface area contributed by atoms with E-state index < -0.39 is 7.73 Å². The third-order valence-corrected chi connectivity index (χ3v) is 8.30. The SMILES string of the molecule is CCCC1c2cc(C(C)(C)C)cc(C(C)(C)C)c2OP(Cl)Oc2c1cc(C(C)(C)C)cc2C(C)(C)C. The minimum absolute atomic E-state index is 0.0169. The molecule has 2 aromatic carbocycles. The van der Waals surface area contributed by atoms with Crippen LogP contribution in [0.3, 0.4) is 0 Å². The van der Waals surface area contributed by atoms with Gasteiger partial charge < -0.3 is 9.05 Å². The van der Waals surface area contributed by atoms with E-state index in [9.17, 15) is 0 Å². The minimum Gasteiger partial charge on any atom is -0.427 e. The molecule has 1 aliphatic heterocycles. The molecule has 0 spiro atoms. The number of hydrogen-bond donors (Lipinski definition) is 0. The zero-order chi connectivity index (χ0) is 27.4. The smallest absolute Gasteiger partial charge is 0.401 e. The second-order valence-corrected chi connectivity index (χ2v) is 16.2. The lowest BCUT2D eigenvalue weighted by Gasteiger charge is -2.36. The van der Waals surface area contributed by atoms with Crippen molar-refractivity contribution in [3.8, 4) is 11.5 Å². The van der Waals surface area contributed by atoms with Crippen LogP contribution in [0.15, 0.2) is 24.3 Å². The molecule has 0 aromatic heterocycles. The first-order valence-electron chi connectivity index (χ1n) is 13.4. The number of hydrogen-bond acceptors (Lipinski definition) is 2. The maximum atomic E-state index is 6.90. The molecule has 200 valence electrons. The normalized spacial score (nSPS) is 18.9. The summed E-state index contributed by atoms with van der Waals surface area (Å²) in [7, 11) is -1.67. The Morgan fingerprint density at radius 3 is 1.28 bits per heavy atom. The van der Waals surface area contributed by atoms with Crippen molar-refractivity contribution in [1.82, 2.24) is 0 Å². The zero-order valence-electron chi connectivity index (χ0n) is 24.9. The first-order chi connectivity index (χ1) is 16.2. The summed E-state index contributed by atoms with van der Waals surface area (Å²) in [5, 5.41) is 0. The molecule has 0 aliphatic carbocycles. The molecule has 4 heteroatoms. The third-order valence-electron chi connectivity index (χ3n) is 7.24. The Labute approximate surface area is 227 Å². The van der Waals surface area contributed by atoms with Crippen molar-refractivity contribution in [3.05, 3.63) is 57.6 Å². The van der Waals surface area contributed by atoms with Crippen molar-refractivity contribution >= 4 is 19.0 Å². The molecule has 0 amide bonds. The molecule has 0 atom stereocenters. The van der Waals surface area contributed by atoms with Crippen molar-refractivity contribution in [2.45, 2.75) is 130 Å². The molecule has 36 heavy (non-hydrogen) atoms. The van der Waals surface area contributed by atoms with E-state index in [4.69, 9.17) is 20.3 Å². The average molecular weight is 531 g/mol. The van der Waals surface area contributed by atoms with E-state index in [1.54, 1.807) is 0 Å². The maximum absolute atomic E-state index is 6.90. The summed E-state index contributed by atoms with van der Waals surface area (Å²) in [6.07, 6.45) is 2.08. The topological polar surface area (TPSA) is 18.5 Å². The summed E-state index contributed by atoms with van der Waals surface area (Å²) in [4.78, 5) is 0. The van der Waals surface area contributed by atoms with Gasteiger partial charge in [-0.25, -0.2) is 0 Å². The fraction of sp³-hybridized carbons (Fsp3) is 0.625. The molecule has 2 nitrogen and oxygen atoms in total. The van der Waals surface area contributed by atoms with Crippen LogP contribution in [0.4, 0.5) is 0 Å². The van der Waals surface area contributed by atoms with E-state index in [1.807, 2.05) is 0 Å². The summed E-state index contributed by atoms with van der Waals surface area (Å²) < 4.78 is 13.1. The van der Waals surface area contributed by atoms with Gasteiger partial charge >= 0.3 is 7.73 Å². The second-order valence-electron chi connectivity index (χ2n) is 14.6. The van der Waals surface area contributed by atoms with Crippen LogP contribution in [0.1, 0.15) is 142 Å². The maximum Gasteiger partial charge on any atom is 0.401 e. The van der Waals surface area contributed by atoms with E-state index in [1.165, 1.54) is 33.4 Å². The zero-order valence-corrected chi connectivity index (χ0v) is 26.6. The van der Waals surface area contributed by atoms with Crippen molar-refractivity contribution < 1.29 is 9.05 Å². The molecule has 0 saturated heterocycles. The van der Waals surface area contributed by atoms with Gasteiger partial charge in [-0.2, -0.15) is 0 Å². The van der Waals surface area contributed by atoms with Crippen LogP contribution < -0.4 is 9.05 Å². The Bertz CT molecular complexity index is 1020.